The molecule has 1 rings (SSSR count). The van der Waals surface area contributed by atoms with Gasteiger partial charge in [0.25, 0.3) is 5.91 Å². The van der Waals surface area contributed by atoms with Crippen molar-refractivity contribution in [1.29, 1.82) is 0 Å². The number of primary amides is 1. The molecule has 12 heteroatoms. The maximum Gasteiger partial charge on any atom is 0.429 e. The van der Waals surface area contributed by atoms with Gasteiger partial charge in [0.05, 0.1) is 0 Å². The van der Waals surface area contributed by atoms with Gasteiger partial charge in [-0.1, -0.05) is 5.16 Å². The van der Waals surface area contributed by atoms with Crippen molar-refractivity contribution in [3.63, 3.8) is 0 Å². The zero-order chi connectivity index (χ0) is 13.1. The molecule has 0 atom stereocenters. The first-order chi connectivity index (χ1) is 7.83. The van der Waals surface area contributed by atoms with Gasteiger partial charge in [0.2, 0.25) is 16.7 Å². The summed E-state index contributed by atoms with van der Waals surface area (Å²) >= 11 is 0.639. The van der Waals surface area contributed by atoms with Crippen molar-refractivity contribution in [2.75, 3.05) is 12.2 Å². The summed E-state index contributed by atoms with van der Waals surface area (Å²) in [6.07, 6.45) is 0. The van der Waals surface area contributed by atoms with Gasteiger partial charge in [0, 0.05) is 11.5 Å². The van der Waals surface area contributed by atoms with Crippen molar-refractivity contribution < 1.29 is 24.0 Å². The molecule has 0 bridgehead atoms. The fourth-order valence-electron chi connectivity index (χ4n) is 0.777. The van der Waals surface area contributed by atoms with E-state index in [4.69, 9.17) is 15.5 Å². The molecule has 1 amide bonds. The van der Waals surface area contributed by atoms with Gasteiger partial charge in [-0.25, -0.2) is 4.57 Å². The molecule has 94 valence electrons. The number of carbonyl (C=O) groups excluding carboxylic acids is 1. The first-order valence-corrected chi connectivity index (χ1v) is 6.31. The van der Waals surface area contributed by atoms with Crippen molar-refractivity contribution >= 4 is 36.0 Å². The van der Waals surface area contributed by atoms with Crippen LogP contribution in [0.2, 0.25) is 0 Å². The summed E-state index contributed by atoms with van der Waals surface area (Å²) in [5, 5.41) is 4.94. The Kier molecular flexibility index (Phi) is 4.12. The molecular weight excluding hydrogens is 273 g/mol. The number of nitrogens with zero attached hydrogens (tertiary/aromatic N) is 3. The monoisotopic (exact) mass is 281 g/mol. The second-order valence-electron chi connectivity index (χ2n) is 2.57. The normalized spacial score (nSPS) is 12.3. The van der Waals surface area contributed by atoms with Crippen molar-refractivity contribution in [2.45, 2.75) is 0 Å². The van der Waals surface area contributed by atoms with E-state index in [9.17, 15) is 9.36 Å². The minimum atomic E-state index is -4.47. The maximum absolute atomic E-state index is 10.9. The van der Waals surface area contributed by atoms with E-state index in [-0.39, 0.29) is 16.7 Å². The molecule has 1 aromatic heterocycles. The number of rotatable bonds is 5. The van der Waals surface area contributed by atoms with Gasteiger partial charge in [-0.15, -0.1) is 0 Å². The highest BCUT2D eigenvalue weighted by atomic mass is 32.1. The highest BCUT2D eigenvalue weighted by Crippen LogP contribution is 2.35. The van der Waals surface area contributed by atoms with Gasteiger partial charge in [-0.05, 0) is 0 Å². The minimum Gasteiger partial charge on any atom is -0.398 e. The van der Waals surface area contributed by atoms with E-state index in [0.717, 1.165) is 0 Å². The lowest BCUT2D eigenvalue weighted by Crippen LogP contribution is -2.25. The molecule has 1 aromatic rings. The van der Waals surface area contributed by atoms with Gasteiger partial charge in [0.15, 0.2) is 0 Å². The summed E-state index contributed by atoms with van der Waals surface area (Å²) in [6, 6.07) is 0. The predicted molar refractivity (Wildman–Crippen MR) is 58.3 cm³/mol. The van der Waals surface area contributed by atoms with Crippen molar-refractivity contribution in [3.05, 3.63) is 5.82 Å². The number of oxime groups is 1. The van der Waals surface area contributed by atoms with Crippen LogP contribution in [0.25, 0.3) is 0 Å². The van der Waals surface area contributed by atoms with E-state index in [0.29, 0.717) is 11.5 Å². The second-order valence-corrected chi connectivity index (χ2v) is 4.63. The maximum atomic E-state index is 10.9. The number of anilines is 1. The van der Waals surface area contributed by atoms with Crippen LogP contribution < -0.4 is 10.8 Å². The average molecular weight is 281 g/mol. The minimum absolute atomic E-state index is 0.168. The zero-order valence-electron chi connectivity index (χ0n) is 8.39. The lowest BCUT2D eigenvalue weighted by Gasteiger charge is -2.01. The third-order valence-corrected chi connectivity index (χ3v) is 2.58. The van der Waals surface area contributed by atoms with Crippen LogP contribution in [0, 0.1) is 0 Å². The lowest BCUT2D eigenvalue weighted by molar-refractivity contribution is -0.112. The molecule has 0 unspecified atom stereocenters. The van der Waals surface area contributed by atoms with Crippen LogP contribution in [0.5, 0.6) is 0 Å². The smallest absolute Gasteiger partial charge is 0.398 e. The van der Waals surface area contributed by atoms with Crippen molar-refractivity contribution in [1.82, 2.24) is 9.36 Å². The summed E-state index contributed by atoms with van der Waals surface area (Å²) in [7, 11) is -3.27. The molecule has 0 spiro atoms. The Balaban J connectivity index is 2.97. The fourth-order valence-corrected chi connectivity index (χ4v) is 2.02. The zero-order valence-corrected chi connectivity index (χ0v) is 10.1. The number of hydrogen-bond donors (Lipinski definition) is 4. The van der Waals surface area contributed by atoms with Gasteiger partial charge < -0.3 is 20.4 Å². The van der Waals surface area contributed by atoms with E-state index >= 15 is 0 Å². The molecular formula is C5H8N5O5PS. The van der Waals surface area contributed by atoms with E-state index in [1.807, 2.05) is 0 Å². The first kappa shape index (κ1) is 13.5. The molecule has 1 heterocycles. The predicted octanol–water partition coefficient (Wildman–Crippen LogP) is -1.12. The largest absolute Gasteiger partial charge is 0.429 e. The molecule has 0 aliphatic heterocycles. The average Bonchev–Trinajstić information content (AvgIpc) is 2.59. The van der Waals surface area contributed by atoms with E-state index in [1.165, 1.54) is 7.11 Å². The molecule has 0 radical (unpaired) electrons. The summed E-state index contributed by atoms with van der Waals surface area (Å²) < 4.78 is 14.3. The molecule has 0 fully saturated rings. The van der Waals surface area contributed by atoms with Gasteiger partial charge in [-0.2, -0.15) is 9.36 Å². The van der Waals surface area contributed by atoms with Crippen LogP contribution in [-0.2, 0) is 14.2 Å². The lowest BCUT2D eigenvalue weighted by atomic mass is 10.3. The van der Waals surface area contributed by atoms with Crippen LogP contribution >= 0.6 is 19.3 Å². The molecule has 10 nitrogen and oxygen atoms in total. The highest BCUT2D eigenvalue weighted by Gasteiger charge is 2.20. The van der Waals surface area contributed by atoms with Gasteiger partial charge in [0.1, 0.15) is 7.11 Å². The third kappa shape index (κ3) is 4.07. The molecule has 0 aromatic carbocycles. The summed E-state index contributed by atoms with van der Waals surface area (Å²) in [4.78, 5) is 36.2. The Morgan fingerprint density at radius 3 is 2.76 bits per heavy atom. The Labute approximate surface area is 98.9 Å². The Bertz CT molecular complexity index is 495. The Hall–Kier alpha value is -1.55. The number of nitrogens with one attached hydrogen (secondary N) is 1. The molecule has 0 aliphatic carbocycles. The standard InChI is InChI=1S/C5H8N5O5PS/c1-15-8-2(3(6)11)4-7-5(17-10-4)9-16(12,13)14/h1H3,(H2,6,11)(H3,7,9,10,12,13,14)/b8-2+. The topological polar surface area (TPSA) is 160 Å². The van der Waals surface area contributed by atoms with Gasteiger partial charge >= 0.3 is 7.75 Å². The number of carbonyl (C=O) groups is 1. The SMILES string of the molecule is CO/N=C(\C(N)=O)c1nsc(NP(=O)(O)O)n1. The van der Waals surface area contributed by atoms with Crippen LogP contribution in [0.4, 0.5) is 5.13 Å². The third-order valence-electron chi connectivity index (χ3n) is 1.30. The quantitative estimate of drug-likeness (QED) is 0.300. The first-order valence-electron chi connectivity index (χ1n) is 3.92. The Morgan fingerprint density at radius 1 is 1.65 bits per heavy atom. The van der Waals surface area contributed by atoms with E-state index in [1.54, 1.807) is 5.09 Å². The number of nitrogens with two attached hydrogens (primary N) is 1. The molecule has 5 N–H and O–H groups in total. The van der Waals surface area contributed by atoms with Crippen LogP contribution in [0.1, 0.15) is 5.82 Å². The van der Waals surface area contributed by atoms with Crippen molar-refractivity contribution in [2.24, 2.45) is 10.9 Å². The molecule has 0 saturated carbocycles. The van der Waals surface area contributed by atoms with Crippen LogP contribution in [0.15, 0.2) is 5.16 Å². The summed E-state index contributed by atoms with van der Waals surface area (Å²) in [5.74, 6) is -1.10. The summed E-state index contributed by atoms with van der Waals surface area (Å²) in [6.45, 7) is 0. The summed E-state index contributed by atoms with van der Waals surface area (Å²) in [5.41, 5.74) is 4.65. The number of aromatic nitrogens is 2. The van der Waals surface area contributed by atoms with Crippen LogP contribution in [0.3, 0.4) is 0 Å². The van der Waals surface area contributed by atoms with Gasteiger partial charge in [-0.3, -0.25) is 9.88 Å². The Morgan fingerprint density at radius 2 is 2.29 bits per heavy atom. The van der Waals surface area contributed by atoms with Crippen molar-refractivity contribution in [3.8, 4) is 0 Å². The fraction of sp³-hybridized carbons (Fsp3) is 0.200. The number of hydrogen-bond acceptors (Lipinski definition) is 7. The van der Waals surface area contributed by atoms with E-state index in [2.05, 4.69) is 19.4 Å². The molecule has 0 saturated heterocycles. The molecule has 0 aliphatic rings. The highest BCUT2D eigenvalue weighted by molar-refractivity contribution is 7.54. The molecule has 17 heavy (non-hydrogen) atoms. The second kappa shape index (κ2) is 5.19. The number of amides is 1. The van der Waals surface area contributed by atoms with E-state index < -0.39 is 13.7 Å². The van der Waals surface area contributed by atoms with Crippen LogP contribution in [-0.4, -0.2) is 37.9 Å².